The third-order valence-electron chi connectivity index (χ3n) is 8.72. The monoisotopic (exact) mass is 839 g/mol. The number of para-hydroxylation sites is 2. The number of anilines is 2. The van der Waals surface area contributed by atoms with Crippen LogP contribution in [0.2, 0.25) is 0 Å². The van der Waals surface area contributed by atoms with Gasteiger partial charge >= 0.3 is 0 Å². The van der Waals surface area contributed by atoms with E-state index < -0.39 is 0 Å². The summed E-state index contributed by atoms with van der Waals surface area (Å²) < 4.78 is 0. The van der Waals surface area contributed by atoms with E-state index >= 15 is 0 Å². The zero-order valence-electron chi connectivity index (χ0n) is 40.5. The molecular formula is C58H82N2O2. The molecule has 0 aliphatic heterocycles. The van der Waals surface area contributed by atoms with Gasteiger partial charge in [-0.05, 0) is 85.0 Å². The van der Waals surface area contributed by atoms with E-state index in [2.05, 4.69) is 59.2 Å². The molecule has 0 heterocycles. The van der Waals surface area contributed by atoms with Gasteiger partial charge in [0.25, 0.3) is 0 Å². The molecule has 0 aliphatic rings. The molecule has 2 atom stereocenters. The Kier molecular flexibility index (Phi) is 39.5. The van der Waals surface area contributed by atoms with E-state index in [9.17, 15) is 9.59 Å². The van der Waals surface area contributed by atoms with E-state index in [4.69, 9.17) is 0 Å². The average Bonchev–Trinajstić information content (AvgIpc) is 3.37. The lowest BCUT2D eigenvalue weighted by atomic mass is 9.91. The van der Waals surface area contributed by atoms with Gasteiger partial charge in [0.2, 0.25) is 11.8 Å². The second kappa shape index (κ2) is 42.0. The van der Waals surface area contributed by atoms with Crippen molar-refractivity contribution in [1.29, 1.82) is 0 Å². The summed E-state index contributed by atoms with van der Waals surface area (Å²) in [5.74, 6) is -0.147. The maximum Gasteiger partial charge on any atom is 0.231 e. The average molecular weight is 839 g/mol. The van der Waals surface area contributed by atoms with Crippen LogP contribution in [-0.4, -0.2) is 11.8 Å². The first kappa shape index (κ1) is 58.4. The van der Waals surface area contributed by atoms with Gasteiger partial charge in [0, 0.05) is 11.4 Å². The molecule has 336 valence electrons. The van der Waals surface area contributed by atoms with Gasteiger partial charge in [0.15, 0.2) is 0 Å². The number of aryl methyl sites for hydroxylation is 2. The minimum atomic E-state index is -0.134. The van der Waals surface area contributed by atoms with Gasteiger partial charge in [-0.3, -0.25) is 9.59 Å². The van der Waals surface area contributed by atoms with Crippen LogP contribution < -0.4 is 10.6 Å². The molecular weight excluding hydrogens is 757 g/mol. The second-order valence-corrected chi connectivity index (χ2v) is 12.4. The Morgan fingerprint density at radius 2 is 0.565 bits per heavy atom. The molecule has 0 fully saturated rings. The summed E-state index contributed by atoms with van der Waals surface area (Å²) in [6.45, 7) is 24.0. The third kappa shape index (κ3) is 25.1. The van der Waals surface area contributed by atoms with Crippen LogP contribution in [0, 0.1) is 0 Å². The van der Waals surface area contributed by atoms with Crippen molar-refractivity contribution < 1.29 is 9.59 Å². The molecule has 4 heteroatoms. The lowest BCUT2D eigenvalue weighted by molar-refractivity contribution is -0.118. The topological polar surface area (TPSA) is 58.2 Å². The van der Waals surface area contributed by atoms with E-state index in [1.54, 1.807) is 0 Å². The second-order valence-electron chi connectivity index (χ2n) is 12.4. The number of rotatable bonds is 14. The van der Waals surface area contributed by atoms with E-state index in [1.165, 1.54) is 11.1 Å². The molecule has 2 amide bonds. The molecule has 0 spiro atoms. The van der Waals surface area contributed by atoms with E-state index in [0.29, 0.717) is 0 Å². The van der Waals surface area contributed by atoms with Gasteiger partial charge < -0.3 is 10.6 Å². The number of carbonyl (C=O) groups is 2. The van der Waals surface area contributed by atoms with Crippen molar-refractivity contribution in [3.63, 3.8) is 0 Å². The summed E-state index contributed by atoms with van der Waals surface area (Å²) in [5, 5.41) is 6.10. The largest absolute Gasteiger partial charge is 0.326 e. The van der Waals surface area contributed by atoms with Crippen molar-refractivity contribution in [2.24, 2.45) is 0 Å². The molecule has 0 saturated carbocycles. The van der Waals surface area contributed by atoms with Gasteiger partial charge in [0.05, 0.1) is 11.8 Å². The number of carbonyl (C=O) groups excluding carboxylic acids is 2. The van der Waals surface area contributed by atoms with Crippen LogP contribution in [-0.2, 0) is 22.4 Å². The Morgan fingerprint density at radius 1 is 0.339 bits per heavy atom. The molecule has 0 saturated heterocycles. The van der Waals surface area contributed by atoms with Gasteiger partial charge in [-0.25, -0.2) is 0 Å². The maximum absolute atomic E-state index is 12.8. The van der Waals surface area contributed by atoms with Crippen LogP contribution in [0.4, 0.5) is 11.4 Å². The van der Waals surface area contributed by atoms with Gasteiger partial charge in [-0.1, -0.05) is 241 Å². The Labute approximate surface area is 379 Å². The maximum atomic E-state index is 12.8. The highest BCUT2D eigenvalue weighted by Crippen LogP contribution is 2.26. The minimum Gasteiger partial charge on any atom is -0.326 e. The van der Waals surface area contributed by atoms with Crippen molar-refractivity contribution in [3.8, 4) is 0 Å². The van der Waals surface area contributed by atoms with Crippen LogP contribution in [0.3, 0.4) is 0 Å². The van der Waals surface area contributed by atoms with Crippen molar-refractivity contribution in [3.05, 3.63) is 204 Å². The third-order valence-corrected chi connectivity index (χ3v) is 8.72. The SMILES string of the molecule is CC.CC.CC.CC.CC.CC.O=C(Nc1ccccc1)[C@@H](CCCc1ccccc1)c1ccccc1.O=C(Nc1ccccc1)[C@H](CCCc1ccccc1)c1ccccc1. The summed E-state index contributed by atoms with van der Waals surface area (Å²) in [4.78, 5) is 25.7. The van der Waals surface area contributed by atoms with E-state index in [-0.39, 0.29) is 23.7 Å². The molecule has 0 aliphatic carbocycles. The molecule has 0 aromatic heterocycles. The zero-order valence-corrected chi connectivity index (χ0v) is 40.5. The molecule has 0 radical (unpaired) electrons. The Bertz CT molecular complexity index is 1680. The molecule has 0 bridgehead atoms. The Hall–Kier alpha value is -5.74. The molecule has 4 nitrogen and oxygen atoms in total. The highest BCUT2D eigenvalue weighted by molar-refractivity contribution is 5.96. The molecule has 2 N–H and O–H groups in total. The van der Waals surface area contributed by atoms with Gasteiger partial charge in [-0.15, -0.1) is 0 Å². The van der Waals surface area contributed by atoms with Crippen LogP contribution >= 0.6 is 0 Å². The Balaban J connectivity index is 0. The normalized spacial score (nSPS) is 10.0. The first-order chi connectivity index (χ1) is 30.7. The van der Waals surface area contributed by atoms with Gasteiger partial charge in [-0.2, -0.15) is 0 Å². The smallest absolute Gasteiger partial charge is 0.231 e. The Morgan fingerprint density at radius 3 is 0.823 bits per heavy atom. The summed E-state index contributed by atoms with van der Waals surface area (Å²) in [7, 11) is 0. The van der Waals surface area contributed by atoms with Crippen LogP contribution in [0.15, 0.2) is 182 Å². The first-order valence-corrected chi connectivity index (χ1v) is 23.6. The quantitative estimate of drug-likeness (QED) is 0.115. The van der Waals surface area contributed by atoms with Crippen molar-refractivity contribution in [2.45, 2.75) is 133 Å². The fraction of sp³-hybridized carbons (Fsp3) is 0.345. The predicted molar refractivity (Wildman–Crippen MR) is 275 cm³/mol. The molecule has 6 aromatic carbocycles. The summed E-state index contributed by atoms with van der Waals surface area (Å²) >= 11 is 0. The van der Waals surface area contributed by atoms with Gasteiger partial charge in [0.1, 0.15) is 0 Å². The highest BCUT2D eigenvalue weighted by atomic mass is 16.2. The van der Waals surface area contributed by atoms with E-state index in [1.807, 2.05) is 217 Å². The molecule has 6 aromatic rings. The van der Waals surface area contributed by atoms with Crippen molar-refractivity contribution in [2.75, 3.05) is 10.6 Å². The summed E-state index contributed by atoms with van der Waals surface area (Å²) in [6, 6.07) is 60.3. The number of hydrogen-bond donors (Lipinski definition) is 2. The minimum absolute atomic E-state index is 0.0606. The van der Waals surface area contributed by atoms with Crippen LogP contribution in [0.1, 0.15) is 143 Å². The van der Waals surface area contributed by atoms with E-state index in [0.717, 1.165) is 61.0 Å². The van der Waals surface area contributed by atoms with Crippen LogP contribution in [0.25, 0.3) is 0 Å². The lowest BCUT2D eigenvalue weighted by Crippen LogP contribution is -2.21. The first-order valence-electron chi connectivity index (χ1n) is 23.6. The molecule has 6 rings (SSSR count). The summed E-state index contributed by atoms with van der Waals surface area (Å²) in [6.07, 6.45) is 5.60. The number of amides is 2. The highest BCUT2D eigenvalue weighted by Gasteiger charge is 2.21. The van der Waals surface area contributed by atoms with Crippen LogP contribution in [0.5, 0.6) is 0 Å². The summed E-state index contributed by atoms with van der Waals surface area (Å²) in [5.41, 5.74) is 6.47. The fourth-order valence-corrected chi connectivity index (χ4v) is 6.08. The predicted octanol–water partition coefficient (Wildman–Crippen LogP) is 17.0. The van der Waals surface area contributed by atoms with Crippen molar-refractivity contribution in [1.82, 2.24) is 0 Å². The zero-order chi connectivity index (χ0) is 46.6. The number of hydrogen-bond acceptors (Lipinski definition) is 2. The number of nitrogens with one attached hydrogen (secondary N) is 2. The fourth-order valence-electron chi connectivity index (χ4n) is 6.08. The number of benzene rings is 6. The molecule has 0 unspecified atom stereocenters. The molecule has 62 heavy (non-hydrogen) atoms. The lowest BCUT2D eigenvalue weighted by Gasteiger charge is -2.17. The standard InChI is InChI=1S/2C23H23NO.6C2H6/c2*25-23(24-21-16-8-3-9-17-21)22(20-14-6-2-7-15-20)18-10-13-19-11-4-1-5-12-19;6*1-2/h2*1-9,11-12,14-17,22H,10,13,18H2,(H,24,25);6*1-2H3/t2*22-;;;;;;/m10....../s1. The van der Waals surface area contributed by atoms with Crippen molar-refractivity contribution >= 4 is 23.2 Å².